The second-order valence-corrected chi connectivity index (χ2v) is 7.24. The molecule has 0 bridgehead atoms. The number of nitrogens with one attached hydrogen (secondary N) is 1. The zero-order valence-electron chi connectivity index (χ0n) is 12.7. The number of thioether (sulfide) groups is 2. The topological polar surface area (TPSA) is 72.2 Å². The summed E-state index contributed by atoms with van der Waals surface area (Å²) in [6.45, 7) is 1.87. The van der Waals surface area contributed by atoms with Gasteiger partial charge in [0.1, 0.15) is 0 Å². The SMILES string of the molecule is CC(Sc1ccccc1)C(=O)Nc1ccccc1SCC(N)=O. The Labute approximate surface area is 144 Å². The third kappa shape index (κ3) is 5.65. The van der Waals surface area contributed by atoms with Crippen LogP contribution in [-0.4, -0.2) is 22.8 Å². The first-order chi connectivity index (χ1) is 11.1. The van der Waals surface area contributed by atoms with Crippen LogP contribution in [0.4, 0.5) is 5.69 Å². The molecular weight excluding hydrogens is 328 g/mol. The van der Waals surface area contributed by atoms with E-state index in [9.17, 15) is 9.59 Å². The van der Waals surface area contributed by atoms with Crippen molar-refractivity contribution in [3.05, 3.63) is 54.6 Å². The molecule has 120 valence electrons. The van der Waals surface area contributed by atoms with Crippen molar-refractivity contribution in [3.63, 3.8) is 0 Å². The number of nitrogens with two attached hydrogens (primary N) is 1. The Morgan fingerprint density at radius 3 is 2.43 bits per heavy atom. The molecule has 0 radical (unpaired) electrons. The lowest BCUT2D eigenvalue weighted by atomic mass is 10.3. The summed E-state index contributed by atoms with van der Waals surface area (Å²) >= 11 is 2.82. The monoisotopic (exact) mass is 346 g/mol. The molecule has 0 saturated heterocycles. The van der Waals surface area contributed by atoms with Crippen molar-refractivity contribution in [2.75, 3.05) is 11.1 Å². The van der Waals surface area contributed by atoms with Gasteiger partial charge in [-0.15, -0.1) is 23.5 Å². The Bertz CT molecular complexity index is 677. The molecule has 0 spiro atoms. The molecule has 4 nitrogen and oxygen atoms in total. The summed E-state index contributed by atoms with van der Waals surface area (Å²) in [6, 6.07) is 17.2. The van der Waals surface area contributed by atoms with Gasteiger partial charge < -0.3 is 11.1 Å². The quantitative estimate of drug-likeness (QED) is 0.754. The summed E-state index contributed by atoms with van der Waals surface area (Å²) in [4.78, 5) is 25.2. The molecule has 1 unspecified atom stereocenters. The van der Waals surface area contributed by atoms with E-state index in [1.54, 1.807) is 0 Å². The van der Waals surface area contributed by atoms with E-state index in [4.69, 9.17) is 5.73 Å². The van der Waals surface area contributed by atoms with Crippen molar-refractivity contribution in [2.24, 2.45) is 5.73 Å². The maximum absolute atomic E-state index is 12.4. The fraction of sp³-hybridized carbons (Fsp3) is 0.176. The number of para-hydroxylation sites is 1. The van der Waals surface area contributed by atoms with Crippen LogP contribution in [0.3, 0.4) is 0 Å². The van der Waals surface area contributed by atoms with Crippen LogP contribution < -0.4 is 11.1 Å². The number of amides is 2. The number of carbonyl (C=O) groups excluding carboxylic acids is 2. The second-order valence-electron chi connectivity index (χ2n) is 4.81. The van der Waals surface area contributed by atoms with Gasteiger partial charge in [-0.05, 0) is 31.2 Å². The number of carbonyl (C=O) groups is 2. The maximum atomic E-state index is 12.4. The van der Waals surface area contributed by atoms with Crippen molar-refractivity contribution in [1.29, 1.82) is 0 Å². The molecule has 0 aliphatic rings. The van der Waals surface area contributed by atoms with Gasteiger partial charge >= 0.3 is 0 Å². The van der Waals surface area contributed by atoms with Gasteiger partial charge in [0.05, 0.1) is 16.7 Å². The molecule has 0 saturated carbocycles. The first-order valence-corrected chi connectivity index (χ1v) is 8.95. The van der Waals surface area contributed by atoms with Gasteiger partial charge in [0.2, 0.25) is 11.8 Å². The summed E-state index contributed by atoms with van der Waals surface area (Å²) in [5.74, 6) is -0.281. The molecule has 0 aromatic heterocycles. The summed E-state index contributed by atoms with van der Waals surface area (Å²) < 4.78 is 0. The smallest absolute Gasteiger partial charge is 0.237 e. The van der Waals surface area contributed by atoms with Crippen molar-refractivity contribution < 1.29 is 9.59 Å². The summed E-state index contributed by atoms with van der Waals surface area (Å²) in [6.07, 6.45) is 0. The highest BCUT2D eigenvalue weighted by Gasteiger charge is 2.16. The zero-order chi connectivity index (χ0) is 16.7. The van der Waals surface area contributed by atoms with Gasteiger partial charge in [-0.3, -0.25) is 9.59 Å². The average molecular weight is 346 g/mol. The fourth-order valence-electron chi connectivity index (χ4n) is 1.84. The van der Waals surface area contributed by atoms with Crippen molar-refractivity contribution >= 4 is 41.0 Å². The Kier molecular flexibility index (Phi) is 6.55. The third-order valence-corrected chi connectivity index (χ3v) is 5.15. The van der Waals surface area contributed by atoms with E-state index in [-0.39, 0.29) is 22.8 Å². The molecule has 2 amide bonds. The highest BCUT2D eigenvalue weighted by atomic mass is 32.2. The van der Waals surface area contributed by atoms with Gasteiger partial charge in [-0.1, -0.05) is 30.3 Å². The molecule has 0 fully saturated rings. The van der Waals surface area contributed by atoms with Crippen LogP contribution in [0.15, 0.2) is 64.4 Å². The zero-order valence-corrected chi connectivity index (χ0v) is 14.3. The van der Waals surface area contributed by atoms with E-state index in [1.807, 2.05) is 61.5 Å². The lowest BCUT2D eigenvalue weighted by molar-refractivity contribution is -0.116. The van der Waals surface area contributed by atoms with E-state index < -0.39 is 0 Å². The predicted octanol–water partition coefficient (Wildman–Crippen LogP) is 3.38. The Morgan fingerprint density at radius 1 is 1.09 bits per heavy atom. The van der Waals surface area contributed by atoms with Gasteiger partial charge in [0, 0.05) is 9.79 Å². The van der Waals surface area contributed by atoms with Crippen LogP contribution in [0, 0.1) is 0 Å². The van der Waals surface area contributed by atoms with Crippen molar-refractivity contribution in [1.82, 2.24) is 0 Å². The third-order valence-electron chi connectivity index (χ3n) is 2.94. The molecule has 0 heterocycles. The minimum atomic E-state index is -0.385. The van der Waals surface area contributed by atoms with Crippen LogP contribution in [-0.2, 0) is 9.59 Å². The molecular formula is C17H18N2O2S2. The van der Waals surface area contributed by atoms with E-state index in [0.29, 0.717) is 5.69 Å². The van der Waals surface area contributed by atoms with Gasteiger partial charge in [-0.25, -0.2) is 0 Å². The molecule has 2 aromatic rings. The van der Waals surface area contributed by atoms with Crippen LogP contribution in [0.25, 0.3) is 0 Å². The van der Waals surface area contributed by atoms with Crippen molar-refractivity contribution in [3.8, 4) is 0 Å². The highest BCUT2D eigenvalue weighted by molar-refractivity contribution is 8.00. The normalized spacial score (nSPS) is 11.7. The number of hydrogen-bond acceptors (Lipinski definition) is 4. The van der Waals surface area contributed by atoms with Gasteiger partial charge in [0.15, 0.2) is 0 Å². The lowest BCUT2D eigenvalue weighted by Gasteiger charge is -2.14. The molecule has 0 aliphatic heterocycles. The minimum absolute atomic E-state index is 0.0778. The molecule has 2 aromatic carbocycles. The predicted molar refractivity (Wildman–Crippen MR) is 96.8 cm³/mol. The molecule has 23 heavy (non-hydrogen) atoms. The van der Waals surface area contributed by atoms with E-state index in [2.05, 4.69) is 5.32 Å². The Hall–Kier alpha value is -1.92. The molecule has 2 rings (SSSR count). The van der Waals surface area contributed by atoms with Crippen LogP contribution in [0.1, 0.15) is 6.92 Å². The summed E-state index contributed by atoms with van der Waals surface area (Å²) in [7, 11) is 0. The number of hydrogen-bond donors (Lipinski definition) is 2. The fourth-order valence-corrected chi connectivity index (χ4v) is 3.47. The van der Waals surface area contributed by atoms with E-state index in [1.165, 1.54) is 23.5 Å². The number of benzene rings is 2. The van der Waals surface area contributed by atoms with Crippen LogP contribution >= 0.6 is 23.5 Å². The van der Waals surface area contributed by atoms with Gasteiger partial charge in [-0.2, -0.15) is 0 Å². The maximum Gasteiger partial charge on any atom is 0.237 e. The van der Waals surface area contributed by atoms with Crippen LogP contribution in [0.2, 0.25) is 0 Å². The summed E-state index contributed by atoms with van der Waals surface area (Å²) in [5, 5.41) is 2.69. The molecule has 3 N–H and O–H groups in total. The Balaban J connectivity index is 2.00. The van der Waals surface area contributed by atoms with Gasteiger partial charge in [0.25, 0.3) is 0 Å². The molecule has 6 heteroatoms. The second kappa shape index (κ2) is 8.64. The Morgan fingerprint density at radius 2 is 1.74 bits per heavy atom. The number of rotatable bonds is 7. The first kappa shape index (κ1) is 17.4. The summed E-state index contributed by atoms with van der Waals surface area (Å²) in [5.41, 5.74) is 5.87. The molecule has 0 aliphatic carbocycles. The van der Waals surface area contributed by atoms with Crippen molar-refractivity contribution in [2.45, 2.75) is 22.0 Å². The number of anilines is 1. The highest BCUT2D eigenvalue weighted by Crippen LogP contribution is 2.28. The largest absolute Gasteiger partial charge is 0.369 e. The van der Waals surface area contributed by atoms with E-state index >= 15 is 0 Å². The van der Waals surface area contributed by atoms with Crippen LogP contribution in [0.5, 0.6) is 0 Å². The standard InChI is InChI=1S/C17H18N2O2S2/c1-12(23-13-7-3-2-4-8-13)17(21)19-14-9-5-6-10-15(14)22-11-16(18)20/h2-10,12H,11H2,1H3,(H2,18,20)(H,19,21). The number of primary amides is 1. The first-order valence-electron chi connectivity index (χ1n) is 7.09. The van der Waals surface area contributed by atoms with E-state index in [0.717, 1.165) is 9.79 Å². The average Bonchev–Trinajstić information content (AvgIpc) is 2.54. The molecule has 1 atom stereocenters. The lowest BCUT2D eigenvalue weighted by Crippen LogP contribution is -2.22. The minimum Gasteiger partial charge on any atom is -0.369 e.